The summed E-state index contributed by atoms with van der Waals surface area (Å²) in [5.74, 6) is -0.461. The second-order valence-corrected chi connectivity index (χ2v) is 7.30. The van der Waals surface area contributed by atoms with E-state index < -0.39 is 5.91 Å². The molecule has 3 heterocycles. The zero-order valence-electron chi connectivity index (χ0n) is 15.8. The number of anilines is 1. The van der Waals surface area contributed by atoms with Crippen molar-refractivity contribution in [1.82, 2.24) is 9.38 Å². The number of aryl methyl sites for hydroxylation is 1. The van der Waals surface area contributed by atoms with Gasteiger partial charge in [-0.1, -0.05) is 30.7 Å². The number of carbonyl (C=O) groups is 1. The van der Waals surface area contributed by atoms with Crippen molar-refractivity contribution in [3.63, 3.8) is 0 Å². The zero-order chi connectivity index (χ0) is 19.7. The first-order chi connectivity index (χ1) is 13.6. The zero-order valence-corrected chi connectivity index (χ0v) is 16.6. The van der Waals surface area contributed by atoms with Gasteiger partial charge in [-0.3, -0.25) is 9.20 Å². The van der Waals surface area contributed by atoms with E-state index in [2.05, 4.69) is 22.0 Å². The Bertz CT molecular complexity index is 1020. The van der Waals surface area contributed by atoms with Gasteiger partial charge in [0, 0.05) is 25.2 Å². The lowest BCUT2D eigenvalue weighted by molar-refractivity contribution is 0.0993. The molecule has 0 saturated carbocycles. The van der Waals surface area contributed by atoms with Crippen LogP contribution in [0.3, 0.4) is 0 Å². The molecule has 3 aromatic rings. The highest BCUT2D eigenvalue weighted by molar-refractivity contribution is 6.33. The monoisotopic (exact) mass is 398 g/mol. The van der Waals surface area contributed by atoms with Gasteiger partial charge in [0.2, 0.25) is 0 Å². The molecule has 0 aliphatic carbocycles. The van der Waals surface area contributed by atoms with E-state index in [1.165, 1.54) is 0 Å². The summed E-state index contributed by atoms with van der Waals surface area (Å²) in [6.07, 6.45) is 1.28. The number of fused-ring (bicyclic) bond motifs is 1. The number of nitrogens with zero attached hydrogens (tertiary/aromatic N) is 3. The van der Waals surface area contributed by atoms with Crippen molar-refractivity contribution in [2.24, 2.45) is 5.73 Å². The molecule has 1 aliphatic rings. The highest BCUT2D eigenvalue weighted by Gasteiger charge is 2.19. The molecule has 1 saturated heterocycles. The van der Waals surface area contributed by atoms with Gasteiger partial charge >= 0.3 is 0 Å². The van der Waals surface area contributed by atoms with Crippen LogP contribution >= 0.6 is 11.6 Å². The molecule has 0 bridgehead atoms. The standard InChI is InChI=1S/C21H23ClN4O2/c1-2-17-20(21(23)27)26-15(4-3-5-19(26)24-17)12-14-6-7-18(16(22)13-14)25-8-10-28-11-9-25/h3-7,13H,2,8-12H2,1H3,(H2,23,27). The Labute approximate surface area is 168 Å². The van der Waals surface area contributed by atoms with E-state index in [0.29, 0.717) is 18.5 Å². The fourth-order valence-corrected chi connectivity index (χ4v) is 4.10. The van der Waals surface area contributed by atoms with Crippen molar-refractivity contribution < 1.29 is 9.53 Å². The molecule has 0 spiro atoms. The van der Waals surface area contributed by atoms with E-state index in [0.717, 1.165) is 59.6 Å². The Hall–Kier alpha value is -2.57. The first-order valence-corrected chi connectivity index (χ1v) is 9.86. The predicted molar refractivity (Wildman–Crippen MR) is 110 cm³/mol. The minimum atomic E-state index is -0.461. The Morgan fingerprint density at radius 1 is 1.25 bits per heavy atom. The van der Waals surface area contributed by atoms with Gasteiger partial charge in [0.15, 0.2) is 0 Å². The normalized spacial score (nSPS) is 14.6. The number of primary amides is 1. The summed E-state index contributed by atoms with van der Waals surface area (Å²) in [5, 5.41) is 0.724. The number of pyridine rings is 1. The van der Waals surface area contributed by atoms with Crippen molar-refractivity contribution in [2.45, 2.75) is 19.8 Å². The minimum Gasteiger partial charge on any atom is -0.378 e. The molecule has 1 aliphatic heterocycles. The lowest BCUT2D eigenvalue weighted by atomic mass is 10.1. The topological polar surface area (TPSA) is 72.9 Å². The number of carbonyl (C=O) groups excluding carboxylic acids is 1. The third-order valence-electron chi connectivity index (χ3n) is 5.11. The molecule has 1 fully saturated rings. The maximum absolute atomic E-state index is 12.1. The van der Waals surface area contributed by atoms with Crippen molar-refractivity contribution in [2.75, 3.05) is 31.2 Å². The molecule has 1 aromatic carbocycles. The van der Waals surface area contributed by atoms with Crippen LogP contribution in [-0.4, -0.2) is 41.6 Å². The van der Waals surface area contributed by atoms with Gasteiger partial charge in [0.1, 0.15) is 11.3 Å². The van der Waals surface area contributed by atoms with E-state index in [1.54, 1.807) is 0 Å². The van der Waals surface area contributed by atoms with Crippen LogP contribution in [0.25, 0.3) is 5.65 Å². The quantitative estimate of drug-likeness (QED) is 0.716. The maximum Gasteiger partial charge on any atom is 0.267 e. The largest absolute Gasteiger partial charge is 0.378 e. The second kappa shape index (κ2) is 7.81. The molecule has 2 aromatic heterocycles. The summed E-state index contributed by atoms with van der Waals surface area (Å²) in [6.45, 7) is 5.09. The van der Waals surface area contributed by atoms with Crippen molar-refractivity contribution in [1.29, 1.82) is 0 Å². The first kappa shape index (κ1) is 18.8. The lowest BCUT2D eigenvalue weighted by Crippen LogP contribution is -2.36. The van der Waals surface area contributed by atoms with Crippen LogP contribution in [0.2, 0.25) is 5.02 Å². The predicted octanol–water partition coefficient (Wildman–Crippen LogP) is 3.08. The Morgan fingerprint density at radius 3 is 2.71 bits per heavy atom. The molecule has 0 atom stereocenters. The Balaban J connectivity index is 1.69. The average molecular weight is 399 g/mol. The molecular weight excluding hydrogens is 376 g/mol. The molecule has 28 heavy (non-hydrogen) atoms. The van der Waals surface area contributed by atoms with Gasteiger partial charge in [-0.05, 0) is 36.2 Å². The fourth-order valence-electron chi connectivity index (χ4n) is 3.77. The first-order valence-electron chi connectivity index (χ1n) is 9.48. The highest BCUT2D eigenvalue weighted by Crippen LogP contribution is 2.29. The van der Waals surface area contributed by atoms with Gasteiger partial charge in [-0.25, -0.2) is 4.98 Å². The van der Waals surface area contributed by atoms with Crippen LogP contribution in [0.5, 0.6) is 0 Å². The highest BCUT2D eigenvalue weighted by atomic mass is 35.5. The summed E-state index contributed by atoms with van der Waals surface area (Å²) in [6, 6.07) is 12.0. The number of nitrogens with two attached hydrogens (primary N) is 1. The van der Waals surface area contributed by atoms with Crippen molar-refractivity contribution in [3.8, 4) is 0 Å². The van der Waals surface area contributed by atoms with E-state index in [4.69, 9.17) is 22.1 Å². The fraction of sp³-hybridized carbons (Fsp3) is 0.333. The molecule has 7 heteroatoms. The van der Waals surface area contributed by atoms with Gasteiger partial charge < -0.3 is 15.4 Å². The average Bonchev–Trinajstić information content (AvgIpc) is 3.09. The molecule has 4 rings (SSSR count). The van der Waals surface area contributed by atoms with Gasteiger partial charge in [0.05, 0.1) is 29.6 Å². The Kier molecular flexibility index (Phi) is 5.24. The number of ether oxygens (including phenoxy) is 1. The van der Waals surface area contributed by atoms with Gasteiger partial charge in [-0.2, -0.15) is 0 Å². The smallest absolute Gasteiger partial charge is 0.267 e. The number of imidazole rings is 1. The van der Waals surface area contributed by atoms with Gasteiger partial charge in [-0.15, -0.1) is 0 Å². The summed E-state index contributed by atoms with van der Waals surface area (Å²) < 4.78 is 7.28. The summed E-state index contributed by atoms with van der Waals surface area (Å²) in [4.78, 5) is 18.9. The number of hydrogen-bond acceptors (Lipinski definition) is 4. The molecule has 6 nitrogen and oxygen atoms in total. The molecule has 0 radical (unpaired) electrons. The third-order valence-corrected chi connectivity index (χ3v) is 5.42. The molecular formula is C21H23ClN4O2. The molecule has 2 N–H and O–H groups in total. The number of halogens is 1. The number of morpholine rings is 1. The molecule has 146 valence electrons. The Morgan fingerprint density at radius 2 is 2.04 bits per heavy atom. The number of amides is 1. The SMILES string of the molecule is CCc1nc2cccc(Cc3ccc(N4CCOCC4)c(Cl)c3)n2c1C(N)=O. The van der Waals surface area contributed by atoms with E-state index in [1.807, 2.05) is 35.6 Å². The van der Waals surface area contributed by atoms with Crippen LogP contribution in [-0.2, 0) is 17.6 Å². The number of aromatic nitrogens is 2. The number of hydrogen-bond donors (Lipinski definition) is 1. The summed E-state index contributed by atoms with van der Waals surface area (Å²) in [7, 11) is 0. The molecule has 0 unspecified atom stereocenters. The second-order valence-electron chi connectivity index (χ2n) is 6.90. The number of benzene rings is 1. The van der Waals surface area contributed by atoms with Crippen LogP contribution in [0, 0.1) is 0 Å². The van der Waals surface area contributed by atoms with E-state index >= 15 is 0 Å². The third kappa shape index (κ3) is 3.45. The molecule has 1 amide bonds. The minimum absolute atomic E-state index is 0.461. The van der Waals surface area contributed by atoms with E-state index in [9.17, 15) is 4.79 Å². The summed E-state index contributed by atoms with van der Waals surface area (Å²) in [5.41, 5.74) is 10.6. The van der Waals surface area contributed by atoms with Crippen LogP contribution in [0.1, 0.15) is 34.4 Å². The summed E-state index contributed by atoms with van der Waals surface area (Å²) >= 11 is 6.58. The van der Waals surface area contributed by atoms with Crippen molar-refractivity contribution in [3.05, 3.63) is 64.1 Å². The van der Waals surface area contributed by atoms with Crippen LogP contribution in [0.4, 0.5) is 5.69 Å². The maximum atomic E-state index is 12.1. The lowest BCUT2D eigenvalue weighted by Gasteiger charge is -2.29. The van der Waals surface area contributed by atoms with Crippen LogP contribution < -0.4 is 10.6 Å². The van der Waals surface area contributed by atoms with Crippen LogP contribution in [0.15, 0.2) is 36.4 Å². The van der Waals surface area contributed by atoms with E-state index in [-0.39, 0.29) is 0 Å². The number of rotatable bonds is 5. The van der Waals surface area contributed by atoms with Crippen molar-refractivity contribution >= 4 is 28.8 Å². The van der Waals surface area contributed by atoms with Gasteiger partial charge in [0.25, 0.3) is 5.91 Å².